The van der Waals surface area contributed by atoms with Crippen molar-refractivity contribution in [3.05, 3.63) is 23.3 Å². The molecule has 0 heterocycles. The van der Waals surface area contributed by atoms with Crippen LogP contribution in [0.25, 0.3) is 0 Å². The molecule has 0 bridgehead atoms. The van der Waals surface area contributed by atoms with Gasteiger partial charge in [-0.1, -0.05) is 6.92 Å². The van der Waals surface area contributed by atoms with Crippen LogP contribution in [-0.2, 0) is 13.8 Å². The van der Waals surface area contributed by atoms with Crippen molar-refractivity contribution in [3.63, 3.8) is 0 Å². The molecule has 0 radical (unpaired) electrons. The van der Waals surface area contributed by atoms with E-state index in [-0.39, 0.29) is 10.8 Å². The highest BCUT2D eigenvalue weighted by Gasteiger charge is 2.17. The Labute approximate surface area is 105 Å². The Balaban J connectivity index is 3.24. The molecule has 17 heavy (non-hydrogen) atoms. The Morgan fingerprint density at radius 3 is 2.12 bits per heavy atom. The van der Waals surface area contributed by atoms with E-state index in [0.29, 0.717) is 23.2 Å². The summed E-state index contributed by atoms with van der Waals surface area (Å²) < 4.78 is 22.7. The van der Waals surface area contributed by atoms with Crippen LogP contribution in [0, 0.1) is 13.8 Å². The Hall–Kier alpha value is -1.07. The van der Waals surface area contributed by atoms with E-state index >= 15 is 0 Å². The van der Waals surface area contributed by atoms with Crippen molar-refractivity contribution in [2.75, 3.05) is 5.32 Å². The molecule has 0 spiro atoms. The van der Waals surface area contributed by atoms with Gasteiger partial charge in [-0.2, -0.15) is 0 Å². The first-order valence-electron chi connectivity index (χ1n) is 5.11. The number of rotatable bonds is 3. The second kappa shape index (κ2) is 5.06. The molecule has 0 aromatic heterocycles. The molecule has 6 heteroatoms. The maximum atomic E-state index is 11.3. The summed E-state index contributed by atoms with van der Waals surface area (Å²) in [4.78, 5) is 11.3. The molecule has 4 nitrogen and oxygen atoms in total. The van der Waals surface area contributed by atoms with Crippen LogP contribution in [0.1, 0.15) is 24.5 Å². The van der Waals surface area contributed by atoms with E-state index in [1.165, 1.54) is 0 Å². The highest BCUT2D eigenvalue weighted by Crippen LogP contribution is 2.27. The number of amides is 1. The smallest absolute Gasteiger partial charge is 0.261 e. The number of anilines is 1. The summed E-state index contributed by atoms with van der Waals surface area (Å²) >= 11 is 0. The second-order valence-electron chi connectivity index (χ2n) is 3.78. The van der Waals surface area contributed by atoms with E-state index in [4.69, 9.17) is 10.7 Å². The maximum Gasteiger partial charge on any atom is 0.261 e. The average molecular weight is 276 g/mol. The van der Waals surface area contributed by atoms with E-state index in [2.05, 4.69) is 5.32 Å². The molecule has 0 fully saturated rings. The van der Waals surface area contributed by atoms with Crippen molar-refractivity contribution in [2.45, 2.75) is 32.1 Å². The molecule has 0 atom stereocenters. The molecule has 0 unspecified atom stereocenters. The lowest BCUT2D eigenvalue weighted by Crippen LogP contribution is -2.10. The van der Waals surface area contributed by atoms with Crippen molar-refractivity contribution in [1.29, 1.82) is 0 Å². The van der Waals surface area contributed by atoms with Gasteiger partial charge in [-0.15, -0.1) is 0 Å². The first kappa shape index (κ1) is 14.0. The van der Waals surface area contributed by atoms with Crippen molar-refractivity contribution in [1.82, 2.24) is 0 Å². The third kappa shape index (κ3) is 3.44. The largest absolute Gasteiger partial charge is 0.326 e. The topological polar surface area (TPSA) is 63.2 Å². The van der Waals surface area contributed by atoms with Gasteiger partial charge >= 0.3 is 0 Å². The number of hydrogen-bond acceptors (Lipinski definition) is 3. The third-order valence-corrected chi connectivity index (χ3v) is 3.90. The minimum absolute atomic E-state index is 0.105. The highest BCUT2D eigenvalue weighted by atomic mass is 35.7. The number of hydrogen-bond donors (Lipinski definition) is 1. The van der Waals surface area contributed by atoms with Gasteiger partial charge < -0.3 is 5.32 Å². The van der Waals surface area contributed by atoms with Gasteiger partial charge in [0.05, 0.1) is 4.90 Å². The summed E-state index contributed by atoms with van der Waals surface area (Å²) in [6, 6.07) is 3.19. The molecule has 0 saturated heterocycles. The Kier molecular flexibility index (Phi) is 4.16. The molecule has 1 N–H and O–H groups in total. The molecule has 1 rings (SSSR count). The summed E-state index contributed by atoms with van der Waals surface area (Å²) in [5, 5.41) is 2.68. The van der Waals surface area contributed by atoms with Crippen LogP contribution in [0.2, 0.25) is 0 Å². The normalized spacial score (nSPS) is 11.3. The SMILES string of the molecule is CCC(=O)Nc1cc(C)c(S(=O)(=O)Cl)c(C)c1. The average Bonchev–Trinajstić information content (AvgIpc) is 2.13. The standard InChI is InChI=1S/C11H14ClNO3S/c1-4-10(14)13-9-5-7(2)11(8(3)6-9)17(12,15)16/h5-6H,4H2,1-3H3,(H,13,14). The van der Waals surface area contributed by atoms with E-state index < -0.39 is 9.05 Å². The number of aryl methyl sites for hydroxylation is 2. The number of benzene rings is 1. The Morgan fingerprint density at radius 1 is 1.29 bits per heavy atom. The molecule has 1 aromatic carbocycles. The van der Waals surface area contributed by atoms with Crippen molar-refractivity contribution < 1.29 is 13.2 Å². The van der Waals surface area contributed by atoms with Gasteiger partial charge in [0.25, 0.3) is 9.05 Å². The minimum Gasteiger partial charge on any atom is -0.326 e. The summed E-state index contributed by atoms with van der Waals surface area (Å²) in [6.07, 6.45) is 0.369. The fourth-order valence-corrected chi connectivity index (χ4v) is 3.27. The predicted octanol–water partition coefficient (Wildman–Crippen LogP) is 2.58. The van der Waals surface area contributed by atoms with Crippen LogP contribution in [0.4, 0.5) is 5.69 Å². The lowest BCUT2D eigenvalue weighted by molar-refractivity contribution is -0.115. The van der Waals surface area contributed by atoms with Crippen molar-refractivity contribution in [2.24, 2.45) is 0 Å². The van der Waals surface area contributed by atoms with Crippen LogP contribution in [0.5, 0.6) is 0 Å². The van der Waals surface area contributed by atoms with Crippen LogP contribution >= 0.6 is 10.7 Å². The van der Waals surface area contributed by atoms with E-state index in [0.717, 1.165) is 0 Å². The van der Waals surface area contributed by atoms with E-state index in [1.807, 2.05) is 0 Å². The minimum atomic E-state index is -3.76. The van der Waals surface area contributed by atoms with Gasteiger partial charge in [-0.3, -0.25) is 4.79 Å². The number of halogens is 1. The number of carbonyl (C=O) groups excluding carboxylic acids is 1. The Morgan fingerprint density at radius 2 is 1.76 bits per heavy atom. The fraction of sp³-hybridized carbons (Fsp3) is 0.364. The van der Waals surface area contributed by atoms with Crippen LogP contribution < -0.4 is 5.32 Å². The molecular formula is C11H14ClNO3S. The quantitative estimate of drug-likeness (QED) is 0.863. The summed E-state index contributed by atoms with van der Waals surface area (Å²) in [6.45, 7) is 5.03. The summed E-state index contributed by atoms with van der Waals surface area (Å²) in [7, 11) is 1.58. The first-order valence-corrected chi connectivity index (χ1v) is 7.42. The summed E-state index contributed by atoms with van der Waals surface area (Å²) in [5.74, 6) is -0.120. The molecule has 0 saturated carbocycles. The molecular weight excluding hydrogens is 262 g/mol. The van der Waals surface area contributed by atoms with Gasteiger partial charge in [0.15, 0.2) is 0 Å². The fourth-order valence-electron chi connectivity index (χ4n) is 1.66. The Bertz CT molecular complexity index is 529. The molecule has 1 amide bonds. The first-order chi connectivity index (χ1) is 7.75. The third-order valence-electron chi connectivity index (χ3n) is 2.31. The second-order valence-corrected chi connectivity index (χ2v) is 6.28. The van der Waals surface area contributed by atoms with Crippen molar-refractivity contribution in [3.8, 4) is 0 Å². The van der Waals surface area contributed by atoms with Crippen molar-refractivity contribution >= 4 is 31.3 Å². The predicted molar refractivity (Wildman–Crippen MR) is 67.9 cm³/mol. The van der Waals surface area contributed by atoms with Crippen LogP contribution in [0.3, 0.4) is 0 Å². The monoisotopic (exact) mass is 275 g/mol. The number of nitrogens with one attached hydrogen (secondary N) is 1. The zero-order chi connectivity index (χ0) is 13.2. The maximum absolute atomic E-state index is 11.3. The van der Waals surface area contributed by atoms with E-state index in [1.54, 1.807) is 32.9 Å². The molecule has 94 valence electrons. The van der Waals surface area contributed by atoms with Crippen LogP contribution in [0.15, 0.2) is 17.0 Å². The van der Waals surface area contributed by atoms with E-state index in [9.17, 15) is 13.2 Å². The molecule has 1 aromatic rings. The molecule has 0 aliphatic carbocycles. The van der Waals surface area contributed by atoms with Gasteiger partial charge in [-0.05, 0) is 37.1 Å². The van der Waals surface area contributed by atoms with Gasteiger partial charge in [0.1, 0.15) is 0 Å². The van der Waals surface area contributed by atoms with Crippen LogP contribution in [-0.4, -0.2) is 14.3 Å². The molecule has 0 aliphatic heterocycles. The molecule has 0 aliphatic rings. The van der Waals surface area contributed by atoms with Gasteiger partial charge in [-0.25, -0.2) is 8.42 Å². The van der Waals surface area contributed by atoms with Gasteiger partial charge in [0, 0.05) is 22.8 Å². The lowest BCUT2D eigenvalue weighted by Gasteiger charge is -2.10. The highest BCUT2D eigenvalue weighted by molar-refractivity contribution is 8.13. The lowest BCUT2D eigenvalue weighted by atomic mass is 10.1. The van der Waals surface area contributed by atoms with Gasteiger partial charge in [0.2, 0.25) is 5.91 Å². The summed E-state index contributed by atoms with van der Waals surface area (Å²) in [5.41, 5.74) is 1.62. The zero-order valence-electron chi connectivity index (χ0n) is 9.87. The number of carbonyl (C=O) groups is 1. The zero-order valence-corrected chi connectivity index (χ0v) is 11.4.